The van der Waals surface area contributed by atoms with E-state index in [-0.39, 0.29) is 17.8 Å². The molecule has 0 unspecified atom stereocenters. The van der Waals surface area contributed by atoms with E-state index in [4.69, 9.17) is 9.47 Å². The summed E-state index contributed by atoms with van der Waals surface area (Å²) < 4.78 is 23.5. The monoisotopic (exact) mass is 282 g/mol. The van der Waals surface area contributed by atoms with Crippen LogP contribution in [0.5, 0.6) is 5.75 Å². The van der Waals surface area contributed by atoms with Gasteiger partial charge in [-0.05, 0) is 12.1 Å². The maximum absolute atomic E-state index is 13.1. The van der Waals surface area contributed by atoms with E-state index in [1.807, 2.05) is 11.9 Å². The Kier molecular flexibility index (Phi) is 4.79. The number of amides is 1. The molecule has 1 N–H and O–H groups in total. The summed E-state index contributed by atoms with van der Waals surface area (Å²) in [7, 11) is 3.47. The van der Waals surface area contributed by atoms with Crippen molar-refractivity contribution < 1.29 is 18.7 Å². The van der Waals surface area contributed by atoms with Crippen LogP contribution >= 0.6 is 0 Å². The number of ether oxygens (including phenoxy) is 2. The Morgan fingerprint density at radius 1 is 1.60 bits per heavy atom. The molecule has 0 aliphatic carbocycles. The van der Waals surface area contributed by atoms with E-state index in [1.165, 1.54) is 12.1 Å². The van der Waals surface area contributed by atoms with E-state index in [9.17, 15) is 9.18 Å². The second-order valence-corrected chi connectivity index (χ2v) is 4.73. The van der Waals surface area contributed by atoms with Crippen LogP contribution in [0.2, 0.25) is 0 Å². The fourth-order valence-corrected chi connectivity index (χ4v) is 2.16. The number of rotatable bonds is 5. The van der Waals surface area contributed by atoms with Crippen LogP contribution in [0.1, 0.15) is 6.42 Å². The normalized spacial score (nSPS) is 17.4. The van der Waals surface area contributed by atoms with Crippen LogP contribution in [0, 0.1) is 5.82 Å². The Bertz CT molecular complexity index is 481. The van der Waals surface area contributed by atoms with Gasteiger partial charge in [0.1, 0.15) is 18.2 Å². The summed E-state index contributed by atoms with van der Waals surface area (Å²) in [5.74, 6) is 0.143. The molecule has 1 aliphatic heterocycles. The second-order valence-electron chi connectivity index (χ2n) is 4.73. The van der Waals surface area contributed by atoms with E-state index >= 15 is 0 Å². The summed E-state index contributed by atoms with van der Waals surface area (Å²) in [4.78, 5) is 13.7. The number of likely N-dealkylation sites (N-methyl/N-ethyl adjacent to an activating group) is 1. The number of methoxy groups -OCH3 is 1. The second kappa shape index (κ2) is 6.56. The third-order valence-corrected chi connectivity index (χ3v) is 3.33. The molecule has 0 bridgehead atoms. The first-order chi connectivity index (χ1) is 9.61. The van der Waals surface area contributed by atoms with Crippen LogP contribution in [0.4, 0.5) is 10.1 Å². The van der Waals surface area contributed by atoms with Gasteiger partial charge in [0.2, 0.25) is 5.91 Å². The Morgan fingerprint density at radius 3 is 3.15 bits per heavy atom. The standard InChI is InChI=1S/C14H19FN2O3/c1-17-11(8-14(18)16-5-6-19-2)9-20-13-7-10(15)3-4-12(13)17/h3-4,7,11H,5-6,8-9H2,1-2H3,(H,16,18)/t11-/m0/s1. The Morgan fingerprint density at radius 2 is 2.40 bits per heavy atom. The summed E-state index contributed by atoms with van der Waals surface area (Å²) in [6, 6.07) is 4.36. The molecule has 1 heterocycles. The minimum absolute atomic E-state index is 0.0481. The van der Waals surface area contributed by atoms with E-state index < -0.39 is 0 Å². The van der Waals surface area contributed by atoms with Gasteiger partial charge >= 0.3 is 0 Å². The molecule has 6 heteroatoms. The Labute approximate surface area is 117 Å². The highest BCUT2D eigenvalue weighted by atomic mass is 19.1. The first-order valence-electron chi connectivity index (χ1n) is 6.52. The van der Waals surface area contributed by atoms with Crippen LogP contribution < -0.4 is 15.0 Å². The highest BCUT2D eigenvalue weighted by Gasteiger charge is 2.26. The number of hydrogen-bond donors (Lipinski definition) is 1. The van der Waals surface area contributed by atoms with Crippen LogP contribution in [0.3, 0.4) is 0 Å². The molecule has 2 rings (SSSR count). The minimum Gasteiger partial charge on any atom is -0.489 e. The van der Waals surface area contributed by atoms with Gasteiger partial charge in [0.05, 0.1) is 24.8 Å². The number of nitrogens with one attached hydrogen (secondary N) is 1. The zero-order valence-corrected chi connectivity index (χ0v) is 11.7. The lowest BCUT2D eigenvalue weighted by Gasteiger charge is -2.35. The molecule has 1 atom stereocenters. The van der Waals surface area contributed by atoms with Gasteiger partial charge in [0.15, 0.2) is 0 Å². The third kappa shape index (κ3) is 3.39. The van der Waals surface area contributed by atoms with Crippen molar-refractivity contribution in [2.45, 2.75) is 12.5 Å². The lowest BCUT2D eigenvalue weighted by Crippen LogP contribution is -2.44. The number of nitrogens with zero attached hydrogens (tertiary/aromatic N) is 1. The molecule has 110 valence electrons. The molecular formula is C14H19FN2O3. The van der Waals surface area contributed by atoms with E-state index in [2.05, 4.69) is 5.32 Å². The first kappa shape index (κ1) is 14.6. The molecule has 0 aromatic heterocycles. The zero-order valence-electron chi connectivity index (χ0n) is 11.7. The predicted octanol–water partition coefficient (Wildman–Crippen LogP) is 1.18. The summed E-state index contributed by atoms with van der Waals surface area (Å²) >= 11 is 0. The van der Waals surface area contributed by atoms with Crippen molar-refractivity contribution >= 4 is 11.6 Å². The van der Waals surface area contributed by atoms with Gasteiger partial charge in [-0.1, -0.05) is 0 Å². The number of fused-ring (bicyclic) bond motifs is 1. The van der Waals surface area contributed by atoms with Crippen molar-refractivity contribution in [2.75, 3.05) is 38.8 Å². The number of anilines is 1. The number of carbonyl (C=O) groups is 1. The lowest BCUT2D eigenvalue weighted by atomic mass is 10.1. The van der Waals surface area contributed by atoms with Crippen LogP contribution in [-0.4, -0.2) is 45.9 Å². The Balaban J connectivity index is 1.95. The van der Waals surface area contributed by atoms with Crippen molar-refractivity contribution in [3.63, 3.8) is 0 Å². The smallest absolute Gasteiger partial charge is 0.222 e. The highest BCUT2D eigenvalue weighted by molar-refractivity contribution is 5.77. The molecule has 0 radical (unpaired) electrons. The Hall–Kier alpha value is -1.82. The average Bonchev–Trinajstić information content (AvgIpc) is 2.42. The van der Waals surface area contributed by atoms with Crippen molar-refractivity contribution in [3.8, 4) is 5.75 Å². The van der Waals surface area contributed by atoms with E-state index in [0.717, 1.165) is 5.69 Å². The minimum atomic E-state index is -0.326. The van der Waals surface area contributed by atoms with Gasteiger partial charge in [-0.2, -0.15) is 0 Å². The fraction of sp³-hybridized carbons (Fsp3) is 0.500. The highest BCUT2D eigenvalue weighted by Crippen LogP contribution is 2.33. The molecule has 1 aliphatic rings. The summed E-state index contributed by atoms with van der Waals surface area (Å²) in [5.41, 5.74) is 0.798. The van der Waals surface area contributed by atoms with Gasteiger partial charge in [-0.3, -0.25) is 4.79 Å². The number of hydrogen-bond acceptors (Lipinski definition) is 4. The van der Waals surface area contributed by atoms with Gasteiger partial charge < -0.3 is 19.7 Å². The molecule has 1 amide bonds. The fourth-order valence-electron chi connectivity index (χ4n) is 2.16. The van der Waals surface area contributed by atoms with Gasteiger partial charge in [-0.25, -0.2) is 4.39 Å². The number of carbonyl (C=O) groups excluding carboxylic acids is 1. The lowest BCUT2D eigenvalue weighted by molar-refractivity contribution is -0.121. The SMILES string of the molecule is COCCNC(=O)C[C@H]1COc2cc(F)ccc2N1C. The van der Waals surface area contributed by atoms with Crippen molar-refractivity contribution in [1.29, 1.82) is 0 Å². The molecule has 0 fully saturated rings. The largest absolute Gasteiger partial charge is 0.489 e. The molecule has 1 aromatic carbocycles. The van der Waals surface area contributed by atoms with Crippen LogP contribution in [-0.2, 0) is 9.53 Å². The number of benzene rings is 1. The number of halogens is 1. The van der Waals surface area contributed by atoms with Crippen molar-refractivity contribution in [1.82, 2.24) is 5.32 Å². The molecule has 1 aromatic rings. The van der Waals surface area contributed by atoms with Crippen LogP contribution in [0.25, 0.3) is 0 Å². The van der Waals surface area contributed by atoms with E-state index in [1.54, 1.807) is 13.2 Å². The molecule has 0 saturated heterocycles. The predicted molar refractivity (Wildman–Crippen MR) is 73.6 cm³/mol. The maximum Gasteiger partial charge on any atom is 0.222 e. The third-order valence-electron chi connectivity index (χ3n) is 3.33. The average molecular weight is 282 g/mol. The molecule has 0 saturated carbocycles. The molecule has 0 spiro atoms. The summed E-state index contributed by atoms with van der Waals surface area (Å²) in [6.45, 7) is 1.35. The van der Waals surface area contributed by atoms with Crippen LogP contribution in [0.15, 0.2) is 18.2 Å². The summed E-state index contributed by atoms with van der Waals surface area (Å²) in [5, 5.41) is 2.78. The van der Waals surface area contributed by atoms with Gasteiger partial charge in [0.25, 0.3) is 0 Å². The van der Waals surface area contributed by atoms with Crippen molar-refractivity contribution in [3.05, 3.63) is 24.0 Å². The van der Waals surface area contributed by atoms with E-state index in [0.29, 0.717) is 31.9 Å². The molecular weight excluding hydrogens is 263 g/mol. The maximum atomic E-state index is 13.1. The molecule has 5 nitrogen and oxygen atoms in total. The quantitative estimate of drug-likeness (QED) is 0.824. The topological polar surface area (TPSA) is 50.8 Å². The van der Waals surface area contributed by atoms with Crippen molar-refractivity contribution in [2.24, 2.45) is 0 Å². The molecule has 20 heavy (non-hydrogen) atoms. The first-order valence-corrected chi connectivity index (χ1v) is 6.52. The summed E-state index contributed by atoms with van der Waals surface area (Å²) in [6.07, 6.45) is 0.330. The van der Waals surface area contributed by atoms with Gasteiger partial charge in [-0.15, -0.1) is 0 Å². The van der Waals surface area contributed by atoms with Gasteiger partial charge in [0, 0.05) is 26.8 Å². The zero-order chi connectivity index (χ0) is 14.5.